The zero-order valence-electron chi connectivity index (χ0n) is 9.19. The quantitative estimate of drug-likeness (QED) is 0.453. The van der Waals surface area contributed by atoms with Crippen LogP contribution >= 0.6 is 116 Å². The first kappa shape index (κ1) is 15.8. The Morgan fingerprint density at radius 3 is 0.952 bits per heavy atom. The Bertz CT molecular complexity index is 631. The standard InChI is InChI=1S/C10Cl10O/c11-2-1(21)3(12)6(15)4(2,13)8(17)5(2,14)7(3,16)9(6,18)10(8,19)20/t2?,3?,4-,5-,6-,7-,8?,9?/m0/s1. The maximum atomic E-state index is 12.8. The van der Waals surface area contributed by atoms with Crippen LogP contribution in [-0.4, -0.2) is 49.1 Å². The van der Waals surface area contributed by atoms with E-state index < -0.39 is 49.1 Å². The van der Waals surface area contributed by atoms with Gasteiger partial charge >= 0.3 is 0 Å². The molecule has 0 saturated heterocycles. The van der Waals surface area contributed by atoms with Crippen LogP contribution in [0.4, 0.5) is 0 Å². The number of hydrogen-bond donors (Lipinski definition) is 0. The number of carbonyl (C=O) groups excluding carboxylic acids is 1. The SMILES string of the molecule is O=C1C2(Cl)[C@@]3(Cl)C4(Cl)C(Cl)(Cl)C5(Cl)[C@]3(Cl)C1(Cl)[C@]5(Cl)[C@@]24Cl. The number of ketones is 1. The molecule has 0 radical (unpaired) electrons. The lowest BCUT2D eigenvalue weighted by Crippen LogP contribution is -3.03. The zero-order chi connectivity index (χ0) is 16.1. The normalized spacial score (nSPS) is 81.0. The van der Waals surface area contributed by atoms with E-state index in [0.717, 1.165) is 0 Å². The summed E-state index contributed by atoms with van der Waals surface area (Å²) in [4.78, 5) is -2.01. The molecule has 0 N–H and O–H groups in total. The largest absolute Gasteiger partial charge is 0.295 e. The van der Waals surface area contributed by atoms with Gasteiger partial charge in [-0.15, -0.1) is 92.8 Å². The van der Waals surface area contributed by atoms with Crippen molar-refractivity contribution in [1.82, 2.24) is 0 Å². The highest BCUT2D eigenvalue weighted by molar-refractivity contribution is 6.83. The number of rotatable bonds is 0. The van der Waals surface area contributed by atoms with E-state index in [9.17, 15) is 4.79 Å². The fourth-order valence-corrected chi connectivity index (χ4v) is 14.0. The van der Waals surface area contributed by atoms with Gasteiger partial charge in [-0.1, -0.05) is 23.2 Å². The van der Waals surface area contributed by atoms with Crippen LogP contribution in [0.5, 0.6) is 0 Å². The van der Waals surface area contributed by atoms with Crippen LogP contribution in [0, 0.1) is 0 Å². The van der Waals surface area contributed by atoms with E-state index in [1.165, 1.54) is 0 Å². The molecule has 0 aromatic rings. The highest BCUT2D eigenvalue weighted by atomic mass is 35.5. The van der Waals surface area contributed by atoms with Crippen molar-refractivity contribution in [2.24, 2.45) is 0 Å². The van der Waals surface area contributed by atoms with E-state index in [2.05, 4.69) is 0 Å². The minimum absolute atomic E-state index is 0.690. The van der Waals surface area contributed by atoms with Crippen LogP contribution in [-0.2, 0) is 4.79 Å². The summed E-state index contributed by atoms with van der Waals surface area (Å²) in [6.45, 7) is 0. The van der Waals surface area contributed by atoms with Crippen LogP contribution in [0.15, 0.2) is 0 Å². The number of alkyl halides is 10. The molecule has 6 rings (SSSR count). The molecule has 0 amide bonds. The summed E-state index contributed by atoms with van der Waals surface area (Å²) >= 11 is 65.7. The van der Waals surface area contributed by atoms with Gasteiger partial charge in [0.15, 0.2) is 19.9 Å². The first-order chi connectivity index (χ1) is 9.15. The van der Waals surface area contributed by atoms with Gasteiger partial charge in [0.25, 0.3) is 0 Å². The molecular weight excluding hydrogens is 491 g/mol. The van der Waals surface area contributed by atoms with E-state index in [-0.39, 0.29) is 0 Å². The van der Waals surface area contributed by atoms with Gasteiger partial charge < -0.3 is 0 Å². The molecule has 11 heteroatoms. The van der Waals surface area contributed by atoms with Gasteiger partial charge in [0.1, 0.15) is 29.2 Å². The third-order valence-corrected chi connectivity index (χ3v) is 15.3. The maximum absolute atomic E-state index is 12.8. The number of carbonyl (C=O) groups is 1. The Hall–Kier alpha value is 2.57. The third-order valence-electron chi connectivity index (χ3n) is 6.24. The van der Waals surface area contributed by atoms with Crippen molar-refractivity contribution in [2.75, 3.05) is 0 Å². The summed E-state index contributed by atoms with van der Waals surface area (Å²) in [5.74, 6) is -0.690. The molecule has 6 saturated carbocycles. The van der Waals surface area contributed by atoms with Crippen LogP contribution in [0.2, 0.25) is 0 Å². The highest BCUT2D eigenvalue weighted by Crippen LogP contribution is 3.09. The van der Waals surface area contributed by atoms with Gasteiger partial charge in [-0.05, 0) is 0 Å². The van der Waals surface area contributed by atoms with Crippen molar-refractivity contribution in [2.45, 2.75) is 43.3 Å². The zero-order valence-corrected chi connectivity index (χ0v) is 16.7. The molecule has 116 valence electrons. The predicted octanol–water partition coefficient (Wildman–Crippen LogP) is 4.62. The predicted molar refractivity (Wildman–Crippen MR) is 88.1 cm³/mol. The van der Waals surface area contributed by atoms with E-state index >= 15 is 0 Å². The summed E-state index contributed by atoms with van der Waals surface area (Å²) in [5, 5.41) is 0. The molecule has 21 heavy (non-hydrogen) atoms. The molecule has 4 bridgehead atoms. The number of Topliss-reactive ketones (excluding diaryl/α,β-unsaturated/α-hetero) is 1. The van der Waals surface area contributed by atoms with Crippen molar-refractivity contribution >= 4 is 122 Å². The van der Waals surface area contributed by atoms with Gasteiger partial charge in [0.05, 0.1) is 0 Å². The van der Waals surface area contributed by atoms with Crippen LogP contribution < -0.4 is 0 Å². The second-order valence-electron chi connectivity index (χ2n) is 6.17. The Balaban J connectivity index is 2.08. The fourth-order valence-electron chi connectivity index (χ4n) is 5.64. The van der Waals surface area contributed by atoms with Gasteiger partial charge in [-0.2, -0.15) is 0 Å². The molecular formula is C10Cl10O. The molecule has 6 aliphatic carbocycles. The molecule has 0 aromatic heterocycles. The van der Waals surface area contributed by atoms with Gasteiger partial charge in [-0.25, -0.2) is 0 Å². The average molecular weight is 491 g/mol. The molecule has 4 atom stereocenters. The first-order valence-corrected chi connectivity index (χ1v) is 9.37. The molecule has 0 aromatic carbocycles. The summed E-state index contributed by atoms with van der Waals surface area (Å²) in [5.41, 5.74) is 0. The van der Waals surface area contributed by atoms with Crippen molar-refractivity contribution in [3.05, 3.63) is 0 Å². The highest BCUT2D eigenvalue weighted by Gasteiger charge is 3.30. The maximum Gasteiger partial charge on any atom is 0.182 e. The van der Waals surface area contributed by atoms with E-state index in [4.69, 9.17) is 116 Å². The molecule has 0 spiro atoms. The Labute approximate surface area is 168 Å². The average Bonchev–Trinajstić information content (AvgIpc) is 2.64. The third kappa shape index (κ3) is 0.636. The van der Waals surface area contributed by atoms with Crippen LogP contribution in [0.25, 0.3) is 0 Å². The van der Waals surface area contributed by atoms with Crippen LogP contribution in [0.1, 0.15) is 0 Å². The summed E-state index contributed by atoms with van der Waals surface area (Å²) in [7, 11) is 0. The second-order valence-corrected chi connectivity index (χ2v) is 12.0. The van der Waals surface area contributed by atoms with E-state index in [1.54, 1.807) is 0 Å². The van der Waals surface area contributed by atoms with Crippen LogP contribution in [0.3, 0.4) is 0 Å². The lowest BCUT2D eigenvalue weighted by atomic mass is 9.41. The minimum Gasteiger partial charge on any atom is -0.295 e. The monoisotopic (exact) mass is 486 g/mol. The number of hydrogen-bond acceptors (Lipinski definition) is 1. The minimum atomic E-state index is -1.94. The van der Waals surface area contributed by atoms with Gasteiger partial charge in [0.2, 0.25) is 0 Å². The molecule has 6 fully saturated rings. The van der Waals surface area contributed by atoms with Crippen molar-refractivity contribution in [3.63, 3.8) is 0 Å². The smallest absolute Gasteiger partial charge is 0.182 e. The fraction of sp³-hybridized carbons (Fsp3) is 0.900. The lowest BCUT2D eigenvalue weighted by Gasteiger charge is -2.80. The van der Waals surface area contributed by atoms with Gasteiger partial charge in [-0.3, -0.25) is 4.79 Å². The van der Waals surface area contributed by atoms with Crippen molar-refractivity contribution in [1.29, 1.82) is 0 Å². The summed E-state index contributed by atoms with van der Waals surface area (Å²) in [6.07, 6.45) is 0. The second kappa shape index (κ2) is 2.96. The molecule has 0 unspecified atom stereocenters. The van der Waals surface area contributed by atoms with Crippen molar-refractivity contribution < 1.29 is 4.79 Å². The first-order valence-electron chi connectivity index (χ1n) is 5.59. The Kier molecular flexibility index (Phi) is 2.23. The summed E-state index contributed by atoms with van der Waals surface area (Å²) < 4.78 is -1.94. The molecule has 0 heterocycles. The van der Waals surface area contributed by atoms with Gasteiger partial charge in [0, 0.05) is 0 Å². The molecule has 6 aliphatic rings. The lowest BCUT2D eigenvalue weighted by molar-refractivity contribution is -0.122. The summed E-state index contributed by atoms with van der Waals surface area (Å²) in [6, 6.07) is 0. The Morgan fingerprint density at radius 2 is 0.714 bits per heavy atom. The molecule has 1 nitrogen and oxygen atoms in total. The molecule has 0 aliphatic heterocycles. The number of halogens is 10. The topological polar surface area (TPSA) is 17.1 Å². The van der Waals surface area contributed by atoms with E-state index in [0.29, 0.717) is 0 Å². The van der Waals surface area contributed by atoms with E-state index in [1.807, 2.05) is 0 Å². The van der Waals surface area contributed by atoms with Crippen molar-refractivity contribution in [3.8, 4) is 0 Å². The Morgan fingerprint density at radius 1 is 0.476 bits per heavy atom.